The van der Waals surface area contributed by atoms with Gasteiger partial charge in [-0.15, -0.1) is 0 Å². The van der Waals surface area contributed by atoms with E-state index in [-0.39, 0.29) is 12.8 Å². The molecule has 0 bridgehead atoms. The number of esters is 2. The second-order valence-corrected chi connectivity index (χ2v) is 7.39. The predicted molar refractivity (Wildman–Crippen MR) is 119 cm³/mol. The Morgan fingerprint density at radius 2 is 1.39 bits per heavy atom. The number of carbonyl (C=O) groups is 4. The third-order valence-corrected chi connectivity index (χ3v) is 4.42. The van der Waals surface area contributed by atoms with Gasteiger partial charge in [0.15, 0.2) is 6.61 Å². The summed E-state index contributed by atoms with van der Waals surface area (Å²) in [6.07, 6.45) is 0.463. The molecular weight excluding hydrogens is 468 g/mol. The van der Waals surface area contributed by atoms with E-state index >= 15 is 0 Å². The Balaban J connectivity index is 1.68. The van der Waals surface area contributed by atoms with E-state index in [0.29, 0.717) is 23.5 Å². The van der Waals surface area contributed by atoms with Crippen molar-refractivity contribution in [2.75, 3.05) is 23.8 Å². The molecule has 0 aliphatic heterocycles. The van der Waals surface area contributed by atoms with E-state index in [0.717, 1.165) is 10.9 Å². The summed E-state index contributed by atoms with van der Waals surface area (Å²) in [5.74, 6) is -1.95. The van der Waals surface area contributed by atoms with Crippen molar-refractivity contribution in [3.05, 3.63) is 58.6 Å². The fourth-order valence-electron chi connectivity index (χ4n) is 2.36. The van der Waals surface area contributed by atoms with Gasteiger partial charge >= 0.3 is 11.9 Å². The first kappa shape index (κ1) is 24.1. The topological polar surface area (TPSA) is 111 Å². The smallest absolute Gasteiger partial charge is 0.338 e. The minimum Gasteiger partial charge on any atom is -0.462 e. The maximum absolute atomic E-state index is 12.0. The standard InChI is InChI=1S/C22H23BrN2O6/c1-2-13-30-22(29)15-3-7-17(8-4-15)24-19(26)11-12-21(28)31-14-20(27)25-18-9-5-16(23)6-10-18/h3-10H,2,11-14H2,1H3,(H,24,26)(H,25,27). The molecule has 2 aromatic carbocycles. The SMILES string of the molecule is CCCOC(=O)c1ccc(NC(=O)CCC(=O)OCC(=O)Nc2ccc(Br)cc2)cc1. The number of carbonyl (C=O) groups excluding carboxylic acids is 4. The number of anilines is 2. The zero-order valence-electron chi connectivity index (χ0n) is 17.0. The van der Waals surface area contributed by atoms with Gasteiger partial charge in [-0.05, 0) is 55.0 Å². The molecule has 8 nitrogen and oxygen atoms in total. The van der Waals surface area contributed by atoms with Crippen LogP contribution in [0.1, 0.15) is 36.5 Å². The molecule has 0 spiro atoms. The first-order chi connectivity index (χ1) is 14.9. The van der Waals surface area contributed by atoms with Crippen LogP contribution in [0.5, 0.6) is 0 Å². The Bertz CT molecular complexity index is 913. The largest absolute Gasteiger partial charge is 0.462 e. The Morgan fingerprint density at radius 3 is 2.00 bits per heavy atom. The van der Waals surface area contributed by atoms with Crippen molar-refractivity contribution in [2.45, 2.75) is 26.2 Å². The van der Waals surface area contributed by atoms with Crippen molar-refractivity contribution in [1.29, 1.82) is 0 Å². The molecular formula is C22H23BrN2O6. The molecule has 0 saturated carbocycles. The molecule has 0 heterocycles. The summed E-state index contributed by atoms with van der Waals surface area (Å²) in [7, 11) is 0. The molecule has 2 rings (SSSR count). The fourth-order valence-corrected chi connectivity index (χ4v) is 2.62. The molecule has 0 saturated heterocycles. The third kappa shape index (κ3) is 9.00. The Morgan fingerprint density at radius 1 is 0.806 bits per heavy atom. The van der Waals surface area contributed by atoms with Crippen LogP contribution in [-0.4, -0.2) is 37.0 Å². The van der Waals surface area contributed by atoms with E-state index in [2.05, 4.69) is 26.6 Å². The maximum atomic E-state index is 12.0. The molecule has 164 valence electrons. The molecule has 9 heteroatoms. The molecule has 0 atom stereocenters. The summed E-state index contributed by atoms with van der Waals surface area (Å²) in [6.45, 7) is 1.81. The summed E-state index contributed by atoms with van der Waals surface area (Å²) in [4.78, 5) is 47.3. The lowest BCUT2D eigenvalue weighted by atomic mass is 10.2. The number of benzene rings is 2. The lowest BCUT2D eigenvalue weighted by Gasteiger charge is -2.08. The highest BCUT2D eigenvalue weighted by Gasteiger charge is 2.12. The van der Waals surface area contributed by atoms with Gasteiger partial charge in [0, 0.05) is 22.3 Å². The fraction of sp³-hybridized carbons (Fsp3) is 0.273. The van der Waals surface area contributed by atoms with E-state index in [1.54, 1.807) is 48.5 Å². The Hall–Kier alpha value is -3.20. The van der Waals surface area contributed by atoms with Crippen molar-refractivity contribution >= 4 is 51.1 Å². The van der Waals surface area contributed by atoms with Gasteiger partial charge in [0.2, 0.25) is 5.91 Å². The molecule has 2 amide bonds. The normalized spacial score (nSPS) is 10.1. The average Bonchev–Trinajstić information content (AvgIpc) is 2.76. The van der Waals surface area contributed by atoms with Gasteiger partial charge in [0.25, 0.3) is 5.91 Å². The van der Waals surface area contributed by atoms with E-state index in [4.69, 9.17) is 9.47 Å². The lowest BCUT2D eigenvalue weighted by molar-refractivity contribution is -0.147. The third-order valence-electron chi connectivity index (χ3n) is 3.89. The van der Waals surface area contributed by atoms with Crippen LogP contribution in [0, 0.1) is 0 Å². The van der Waals surface area contributed by atoms with Crippen LogP contribution >= 0.6 is 15.9 Å². The maximum Gasteiger partial charge on any atom is 0.338 e. The number of halogens is 1. The van der Waals surface area contributed by atoms with Gasteiger partial charge in [-0.25, -0.2) is 4.79 Å². The average molecular weight is 491 g/mol. The van der Waals surface area contributed by atoms with Gasteiger partial charge in [-0.2, -0.15) is 0 Å². The van der Waals surface area contributed by atoms with Crippen molar-refractivity contribution in [2.24, 2.45) is 0 Å². The zero-order chi connectivity index (χ0) is 22.6. The number of nitrogens with one attached hydrogen (secondary N) is 2. The van der Waals surface area contributed by atoms with Crippen LogP contribution in [0.15, 0.2) is 53.0 Å². The predicted octanol–water partition coefficient (Wildman–Crippen LogP) is 3.92. The number of rotatable bonds is 10. The summed E-state index contributed by atoms with van der Waals surface area (Å²) < 4.78 is 10.8. The van der Waals surface area contributed by atoms with Gasteiger partial charge in [-0.1, -0.05) is 22.9 Å². The van der Waals surface area contributed by atoms with E-state index in [1.165, 1.54) is 0 Å². The Labute approximate surface area is 188 Å². The van der Waals surface area contributed by atoms with Crippen LogP contribution in [0.3, 0.4) is 0 Å². The number of amides is 2. The van der Waals surface area contributed by atoms with Gasteiger partial charge < -0.3 is 20.1 Å². The molecule has 2 aromatic rings. The van der Waals surface area contributed by atoms with Gasteiger partial charge in [0.05, 0.1) is 18.6 Å². The molecule has 0 unspecified atom stereocenters. The highest BCUT2D eigenvalue weighted by atomic mass is 79.9. The van der Waals surface area contributed by atoms with Crippen LogP contribution < -0.4 is 10.6 Å². The Kier molecular flexibility index (Phi) is 9.70. The molecule has 0 fully saturated rings. The first-order valence-electron chi connectivity index (χ1n) is 9.65. The van der Waals surface area contributed by atoms with Crippen molar-refractivity contribution in [3.8, 4) is 0 Å². The molecule has 2 N–H and O–H groups in total. The summed E-state index contributed by atoms with van der Waals surface area (Å²) in [5.41, 5.74) is 1.45. The lowest BCUT2D eigenvalue weighted by Crippen LogP contribution is -2.21. The second kappa shape index (κ2) is 12.5. The molecule has 0 radical (unpaired) electrons. The molecule has 0 aliphatic carbocycles. The number of hydrogen-bond acceptors (Lipinski definition) is 6. The monoisotopic (exact) mass is 490 g/mol. The first-order valence-corrected chi connectivity index (χ1v) is 10.4. The van der Waals surface area contributed by atoms with Crippen LogP contribution in [-0.2, 0) is 23.9 Å². The van der Waals surface area contributed by atoms with Crippen LogP contribution in [0.2, 0.25) is 0 Å². The quantitative estimate of drug-likeness (QED) is 0.488. The van der Waals surface area contributed by atoms with Crippen molar-refractivity contribution in [3.63, 3.8) is 0 Å². The summed E-state index contributed by atoms with van der Waals surface area (Å²) in [5, 5.41) is 5.22. The van der Waals surface area contributed by atoms with Gasteiger partial charge in [-0.3, -0.25) is 14.4 Å². The zero-order valence-corrected chi connectivity index (χ0v) is 18.6. The molecule has 31 heavy (non-hydrogen) atoms. The van der Waals surface area contributed by atoms with E-state index in [1.807, 2.05) is 6.92 Å². The van der Waals surface area contributed by atoms with Crippen molar-refractivity contribution < 1.29 is 28.7 Å². The number of hydrogen-bond donors (Lipinski definition) is 2. The highest BCUT2D eigenvalue weighted by Crippen LogP contribution is 2.14. The minimum atomic E-state index is -0.657. The van der Waals surface area contributed by atoms with Crippen LogP contribution in [0.25, 0.3) is 0 Å². The minimum absolute atomic E-state index is 0.104. The molecule has 0 aliphatic rings. The van der Waals surface area contributed by atoms with Gasteiger partial charge in [0.1, 0.15) is 0 Å². The van der Waals surface area contributed by atoms with Crippen LogP contribution in [0.4, 0.5) is 11.4 Å². The second-order valence-electron chi connectivity index (χ2n) is 6.48. The van der Waals surface area contributed by atoms with E-state index < -0.39 is 30.4 Å². The van der Waals surface area contributed by atoms with Crippen molar-refractivity contribution in [1.82, 2.24) is 0 Å². The van der Waals surface area contributed by atoms with E-state index in [9.17, 15) is 19.2 Å². The summed E-state index contributed by atoms with van der Waals surface area (Å²) >= 11 is 3.29. The summed E-state index contributed by atoms with van der Waals surface area (Å²) in [6, 6.07) is 13.2. The number of ether oxygens (including phenoxy) is 2. The molecule has 0 aromatic heterocycles. The highest BCUT2D eigenvalue weighted by molar-refractivity contribution is 9.10.